The van der Waals surface area contributed by atoms with Crippen molar-refractivity contribution in [2.24, 2.45) is 5.41 Å². The van der Waals surface area contributed by atoms with Gasteiger partial charge < -0.3 is 0 Å². The highest BCUT2D eigenvalue weighted by molar-refractivity contribution is 5.85. The van der Waals surface area contributed by atoms with Crippen molar-refractivity contribution >= 4 is 5.78 Å². The molecular weight excluding hydrogens is 174 g/mol. The van der Waals surface area contributed by atoms with Gasteiger partial charge in [-0.3, -0.25) is 4.79 Å². The van der Waals surface area contributed by atoms with Gasteiger partial charge in [0, 0.05) is 0 Å². The number of benzene rings is 1. The van der Waals surface area contributed by atoms with E-state index >= 15 is 0 Å². The fourth-order valence-electron chi connectivity index (χ4n) is 1.25. The highest BCUT2D eigenvalue weighted by Crippen LogP contribution is 2.22. The molecule has 0 N–H and O–H groups in total. The minimum absolute atomic E-state index is 0.0798. The van der Waals surface area contributed by atoms with Crippen LogP contribution in [0, 0.1) is 16.7 Å². The SMILES string of the molecule is CC(=O)C(C)(C#N)Cc1ccccc1. The fourth-order valence-corrected chi connectivity index (χ4v) is 1.25. The zero-order valence-corrected chi connectivity index (χ0v) is 8.45. The molecule has 0 spiro atoms. The molecule has 1 atom stereocenters. The van der Waals surface area contributed by atoms with Crippen LogP contribution in [0.1, 0.15) is 19.4 Å². The van der Waals surface area contributed by atoms with E-state index in [2.05, 4.69) is 6.07 Å². The van der Waals surface area contributed by atoms with Gasteiger partial charge in [-0.25, -0.2) is 0 Å². The van der Waals surface area contributed by atoms with Crippen molar-refractivity contribution in [1.82, 2.24) is 0 Å². The number of carbonyl (C=O) groups excluding carboxylic acids is 1. The molecule has 0 aliphatic heterocycles. The van der Waals surface area contributed by atoms with Gasteiger partial charge in [-0.2, -0.15) is 5.26 Å². The summed E-state index contributed by atoms with van der Waals surface area (Å²) in [6, 6.07) is 11.7. The predicted molar refractivity (Wildman–Crippen MR) is 54.5 cm³/mol. The Morgan fingerprint density at radius 1 is 1.43 bits per heavy atom. The smallest absolute Gasteiger partial charge is 0.150 e. The maximum atomic E-state index is 11.3. The first-order chi connectivity index (χ1) is 6.58. The Bertz CT molecular complexity index is 364. The minimum Gasteiger partial charge on any atom is -0.298 e. The van der Waals surface area contributed by atoms with Crippen LogP contribution in [0.4, 0.5) is 0 Å². The fraction of sp³-hybridized carbons (Fsp3) is 0.333. The summed E-state index contributed by atoms with van der Waals surface area (Å²) in [7, 11) is 0. The molecule has 0 aliphatic carbocycles. The minimum atomic E-state index is -0.888. The summed E-state index contributed by atoms with van der Waals surface area (Å²) >= 11 is 0. The van der Waals surface area contributed by atoms with Gasteiger partial charge in [0.15, 0.2) is 0 Å². The van der Waals surface area contributed by atoms with Gasteiger partial charge in [-0.15, -0.1) is 0 Å². The molecule has 1 aromatic carbocycles. The quantitative estimate of drug-likeness (QED) is 0.728. The van der Waals surface area contributed by atoms with Crippen molar-refractivity contribution in [1.29, 1.82) is 5.26 Å². The molecule has 2 heteroatoms. The van der Waals surface area contributed by atoms with E-state index in [1.54, 1.807) is 6.92 Å². The Morgan fingerprint density at radius 2 is 2.00 bits per heavy atom. The lowest BCUT2D eigenvalue weighted by Gasteiger charge is -2.17. The summed E-state index contributed by atoms with van der Waals surface area (Å²) in [6.07, 6.45) is 0.486. The van der Waals surface area contributed by atoms with Crippen molar-refractivity contribution in [3.05, 3.63) is 35.9 Å². The van der Waals surface area contributed by atoms with E-state index in [1.807, 2.05) is 30.3 Å². The predicted octanol–water partition coefficient (Wildman–Crippen LogP) is 2.35. The van der Waals surface area contributed by atoms with Gasteiger partial charge in [-0.05, 0) is 25.8 Å². The van der Waals surface area contributed by atoms with Crippen molar-refractivity contribution in [2.45, 2.75) is 20.3 Å². The lowest BCUT2D eigenvalue weighted by molar-refractivity contribution is -0.123. The molecular formula is C12H13NO. The topological polar surface area (TPSA) is 40.9 Å². The summed E-state index contributed by atoms with van der Waals surface area (Å²) < 4.78 is 0. The van der Waals surface area contributed by atoms with E-state index < -0.39 is 5.41 Å². The Hall–Kier alpha value is -1.62. The second-order valence-corrected chi connectivity index (χ2v) is 3.66. The Morgan fingerprint density at radius 3 is 2.43 bits per heavy atom. The van der Waals surface area contributed by atoms with Crippen LogP contribution in [-0.2, 0) is 11.2 Å². The first kappa shape index (κ1) is 10.5. The number of ketones is 1. The van der Waals surface area contributed by atoms with Crippen molar-refractivity contribution < 1.29 is 4.79 Å². The monoisotopic (exact) mass is 187 g/mol. The number of hydrogen-bond acceptors (Lipinski definition) is 2. The molecule has 1 unspecified atom stereocenters. The number of rotatable bonds is 3. The van der Waals surface area contributed by atoms with Crippen molar-refractivity contribution in [2.75, 3.05) is 0 Å². The molecule has 0 fully saturated rings. The van der Waals surface area contributed by atoms with Crippen LogP contribution in [0.3, 0.4) is 0 Å². The number of Topliss-reactive ketones (excluding diaryl/α,β-unsaturated/α-hetero) is 1. The molecule has 0 aromatic heterocycles. The van der Waals surface area contributed by atoms with Gasteiger partial charge in [0.25, 0.3) is 0 Å². The Kier molecular flexibility index (Phi) is 3.03. The molecule has 0 amide bonds. The zero-order valence-electron chi connectivity index (χ0n) is 8.45. The van der Waals surface area contributed by atoms with Crippen LogP contribution < -0.4 is 0 Å². The maximum Gasteiger partial charge on any atom is 0.150 e. The third kappa shape index (κ3) is 2.20. The van der Waals surface area contributed by atoms with Crippen LogP contribution in [0.5, 0.6) is 0 Å². The van der Waals surface area contributed by atoms with Crippen LogP contribution in [-0.4, -0.2) is 5.78 Å². The van der Waals surface area contributed by atoms with Gasteiger partial charge in [0.05, 0.1) is 6.07 Å². The average molecular weight is 187 g/mol. The second kappa shape index (κ2) is 4.06. The first-order valence-electron chi connectivity index (χ1n) is 4.55. The molecule has 1 aromatic rings. The standard InChI is InChI=1S/C12H13NO/c1-10(14)12(2,9-13)8-11-6-4-3-5-7-11/h3-7H,8H2,1-2H3. The molecule has 1 rings (SSSR count). The van der Waals surface area contributed by atoms with Gasteiger partial charge in [-0.1, -0.05) is 30.3 Å². The van der Waals surface area contributed by atoms with Crippen LogP contribution in [0.2, 0.25) is 0 Å². The molecule has 72 valence electrons. The summed E-state index contributed by atoms with van der Waals surface area (Å²) in [5, 5.41) is 8.95. The highest BCUT2D eigenvalue weighted by Gasteiger charge is 2.29. The molecule has 14 heavy (non-hydrogen) atoms. The second-order valence-electron chi connectivity index (χ2n) is 3.66. The third-order valence-electron chi connectivity index (χ3n) is 2.42. The average Bonchev–Trinajstić information content (AvgIpc) is 2.19. The molecule has 0 saturated carbocycles. The summed E-state index contributed by atoms with van der Waals surface area (Å²) in [6.45, 7) is 3.15. The van der Waals surface area contributed by atoms with Crippen LogP contribution >= 0.6 is 0 Å². The molecule has 0 saturated heterocycles. The Labute approximate surface area is 84.2 Å². The van der Waals surface area contributed by atoms with Gasteiger partial charge >= 0.3 is 0 Å². The third-order valence-corrected chi connectivity index (χ3v) is 2.42. The van der Waals surface area contributed by atoms with E-state index in [0.29, 0.717) is 6.42 Å². The number of hydrogen-bond donors (Lipinski definition) is 0. The van der Waals surface area contributed by atoms with Crippen LogP contribution in [0.25, 0.3) is 0 Å². The van der Waals surface area contributed by atoms with Crippen molar-refractivity contribution in [3.63, 3.8) is 0 Å². The normalized spacial score (nSPS) is 14.1. The molecule has 0 aliphatic rings. The van der Waals surface area contributed by atoms with Crippen molar-refractivity contribution in [3.8, 4) is 6.07 Å². The van der Waals surface area contributed by atoms with E-state index in [0.717, 1.165) is 5.56 Å². The highest BCUT2D eigenvalue weighted by atomic mass is 16.1. The van der Waals surface area contributed by atoms with E-state index in [-0.39, 0.29) is 5.78 Å². The molecule has 0 bridgehead atoms. The van der Waals surface area contributed by atoms with Gasteiger partial charge in [0.2, 0.25) is 0 Å². The van der Waals surface area contributed by atoms with E-state index in [9.17, 15) is 4.79 Å². The first-order valence-corrected chi connectivity index (χ1v) is 4.55. The largest absolute Gasteiger partial charge is 0.298 e. The van der Waals surface area contributed by atoms with Gasteiger partial charge in [0.1, 0.15) is 11.2 Å². The summed E-state index contributed by atoms with van der Waals surface area (Å²) in [5.41, 5.74) is 0.133. The lowest BCUT2D eigenvalue weighted by atomic mass is 9.82. The molecule has 0 heterocycles. The maximum absolute atomic E-state index is 11.3. The van der Waals surface area contributed by atoms with E-state index in [1.165, 1.54) is 6.92 Å². The number of nitriles is 1. The summed E-state index contributed by atoms with van der Waals surface area (Å²) in [5.74, 6) is -0.0798. The van der Waals surface area contributed by atoms with Crippen LogP contribution in [0.15, 0.2) is 30.3 Å². The number of carbonyl (C=O) groups is 1. The summed E-state index contributed by atoms with van der Waals surface area (Å²) in [4.78, 5) is 11.3. The van der Waals surface area contributed by atoms with E-state index in [4.69, 9.17) is 5.26 Å². The zero-order chi connectivity index (χ0) is 10.6. The molecule has 0 radical (unpaired) electrons. The molecule has 2 nitrogen and oxygen atoms in total. The number of nitrogens with zero attached hydrogens (tertiary/aromatic N) is 1. The lowest BCUT2D eigenvalue weighted by Crippen LogP contribution is -2.26. The Balaban J connectivity index is 2.88.